The smallest absolute Gasteiger partial charge is 0.462 e. The third kappa shape index (κ3) is 58.1. The Morgan fingerprint density at radius 1 is 0.380 bits per heavy atom. The summed E-state index contributed by atoms with van der Waals surface area (Å²) in [6, 6.07) is 0. The number of phosphoric acid groups is 1. The van der Waals surface area contributed by atoms with Crippen LogP contribution in [0.2, 0.25) is 0 Å². The molecule has 9 nitrogen and oxygen atoms in total. The van der Waals surface area contributed by atoms with Gasteiger partial charge in [-0.15, -0.1) is 0 Å². The zero-order valence-electron chi connectivity index (χ0n) is 48.3. The highest BCUT2D eigenvalue weighted by Gasteiger charge is 2.27. The SMILES string of the molecule is CCCCCCCCCCCCCCCCCCCCCCCCCCCCC(=O)OC(COC(=O)CCCCCCCCCCCCCCCCCCCCCCC)COP(=O)(O)OCC[N+](C)(C)C. The number of esters is 2. The molecule has 0 radical (unpaired) electrons. The summed E-state index contributed by atoms with van der Waals surface area (Å²) in [5, 5.41) is 0. The maximum Gasteiger partial charge on any atom is 0.472 e. The second kappa shape index (κ2) is 53.8. The molecular formula is C61H123NO8P+. The van der Waals surface area contributed by atoms with Crippen LogP contribution in [-0.4, -0.2) is 74.9 Å². The molecule has 2 atom stereocenters. The second-order valence-corrected chi connectivity index (χ2v) is 24.3. The molecule has 2 unspecified atom stereocenters. The summed E-state index contributed by atoms with van der Waals surface area (Å²) in [6.45, 7) is 4.52. The maximum atomic E-state index is 12.8. The Morgan fingerprint density at radius 2 is 0.634 bits per heavy atom. The van der Waals surface area contributed by atoms with E-state index < -0.39 is 26.5 Å². The predicted octanol–water partition coefficient (Wildman–Crippen LogP) is 19.4. The van der Waals surface area contributed by atoms with Crippen LogP contribution in [0, 0.1) is 0 Å². The van der Waals surface area contributed by atoms with Gasteiger partial charge in [0.15, 0.2) is 6.10 Å². The molecule has 0 spiro atoms. The number of rotatable bonds is 59. The van der Waals surface area contributed by atoms with E-state index >= 15 is 0 Å². The van der Waals surface area contributed by atoms with Gasteiger partial charge in [-0.2, -0.15) is 0 Å². The summed E-state index contributed by atoms with van der Waals surface area (Å²) in [4.78, 5) is 35.7. The van der Waals surface area contributed by atoms with E-state index in [2.05, 4.69) is 13.8 Å². The molecule has 0 aromatic rings. The first-order chi connectivity index (χ1) is 34.5. The minimum Gasteiger partial charge on any atom is -0.462 e. The number of carbonyl (C=O) groups is 2. The number of quaternary nitrogens is 1. The van der Waals surface area contributed by atoms with Crippen LogP contribution in [0.1, 0.15) is 328 Å². The Kier molecular flexibility index (Phi) is 53.1. The summed E-state index contributed by atoms with van der Waals surface area (Å²) in [5.74, 6) is -0.771. The average Bonchev–Trinajstić information content (AvgIpc) is 3.33. The molecule has 0 aromatic carbocycles. The highest BCUT2D eigenvalue weighted by Crippen LogP contribution is 2.43. The fourth-order valence-electron chi connectivity index (χ4n) is 9.55. The van der Waals surface area contributed by atoms with Gasteiger partial charge in [-0.25, -0.2) is 4.57 Å². The third-order valence-electron chi connectivity index (χ3n) is 14.4. The molecule has 0 heterocycles. The highest BCUT2D eigenvalue weighted by atomic mass is 31.2. The number of unbranched alkanes of at least 4 members (excludes halogenated alkanes) is 45. The van der Waals surface area contributed by atoms with Crippen LogP contribution in [0.15, 0.2) is 0 Å². The maximum absolute atomic E-state index is 12.8. The summed E-state index contributed by atoms with van der Waals surface area (Å²) < 4.78 is 34.6. The topological polar surface area (TPSA) is 108 Å². The van der Waals surface area contributed by atoms with Crippen LogP contribution in [0.25, 0.3) is 0 Å². The van der Waals surface area contributed by atoms with Crippen LogP contribution in [0.5, 0.6) is 0 Å². The molecule has 0 aliphatic heterocycles. The molecule has 0 saturated carbocycles. The minimum absolute atomic E-state index is 0.0375. The Balaban J connectivity index is 4.05. The molecule has 0 aliphatic rings. The summed E-state index contributed by atoms with van der Waals surface area (Å²) in [5.41, 5.74) is 0. The number of nitrogens with zero attached hydrogens (tertiary/aromatic N) is 1. The minimum atomic E-state index is -4.38. The van der Waals surface area contributed by atoms with Crippen molar-refractivity contribution in [3.8, 4) is 0 Å². The van der Waals surface area contributed by atoms with Crippen molar-refractivity contribution in [3.63, 3.8) is 0 Å². The van der Waals surface area contributed by atoms with Gasteiger partial charge in [0.05, 0.1) is 27.7 Å². The molecule has 0 rings (SSSR count). The number of hydrogen-bond donors (Lipinski definition) is 1. The quantitative estimate of drug-likeness (QED) is 0.0278. The lowest BCUT2D eigenvalue weighted by Gasteiger charge is -2.24. The van der Waals surface area contributed by atoms with Crippen LogP contribution >= 0.6 is 7.82 Å². The first-order valence-corrected chi connectivity index (χ1v) is 32.8. The normalized spacial score (nSPS) is 13.2. The first-order valence-electron chi connectivity index (χ1n) is 31.3. The summed E-state index contributed by atoms with van der Waals surface area (Å²) in [7, 11) is 1.50. The average molecular weight is 1030 g/mol. The molecule has 0 amide bonds. The van der Waals surface area contributed by atoms with Crippen molar-refractivity contribution in [2.24, 2.45) is 0 Å². The standard InChI is InChI=1S/C61H122NO8P/c1-6-8-10-12-14-16-18-20-22-24-26-28-29-30-31-32-34-36-38-40-42-44-46-48-50-52-54-61(64)70-59(58-69-71(65,66)68-56-55-62(3,4)5)57-67-60(63)53-51-49-47-45-43-41-39-37-35-33-27-25-23-21-19-17-15-13-11-9-7-2/h59H,6-58H2,1-5H3/p+1. The van der Waals surface area contributed by atoms with E-state index in [-0.39, 0.29) is 25.6 Å². The van der Waals surface area contributed by atoms with Crippen molar-refractivity contribution >= 4 is 19.8 Å². The van der Waals surface area contributed by atoms with Gasteiger partial charge in [0.1, 0.15) is 19.8 Å². The van der Waals surface area contributed by atoms with Crippen molar-refractivity contribution in [2.45, 2.75) is 335 Å². The van der Waals surface area contributed by atoms with E-state index in [0.717, 1.165) is 38.5 Å². The van der Waals surface area contributed by atoms with E-state index in [0.29, 0.717) is 17.4 Å². The molecule has 71 heavy (non-hydrogen) atoms. The van der Waals surface area contributed by atoms with Crippen molar-refractivity contribution in [2.75, 3.05) is 47.5 Å². The number of hydrogen-bond acceptors (Lipinski definition) is 7. The lowest BCUT2D eigenvalue weighted by molar-refractivity contribution is -0.870. The van der Waals surface area contributed by atoms with Gasteiger partial charge in [-0.1, -0.05) is 303 Å². The predicted molar refractivity (Wildman–Crippen MR) is 303 cm³/mol. The van der Waals surface area contributed by atoms with Gasteiger partial charge in [0.25, 0.3) is 0 Å². The van der Waals surface area contributed by atoms with Crippen molar-refractivity contribution in [1.82, 2.24) is 0 Å². The highest BCUT2D eigenvalue weighted by molar-refractivity contribution is 7.47. The molecule has 10 heteroatoms. The van der Waals surface area contributed by atoms with E-state index in [9.17, 15) is 19.0 Å². The Morgan fingerprint density at radius 3 is 0.901 bits per heavy atom. The number of ether oxygens (including phenoxy) is 2. The lowest BCUT2D eigenvalue weighted by atomic mass is 10.0. The van der Waals surface area contributed by atoms with E-state index in [1.165, 1.54) is 263 Å². The molecular weight excluding hydrogens is 906 g/mol. The van der Waals surface area contributed by atoms with Crippen LogP contribution < -0.4 is 0 Å². The molecule has 0 fully saturated rings. The van der Waals surface area contributed by atoms with E-state index in [4.69, 9.17) is 18.5 Å². The molecule has 1 N–H and O–H groups in total. The van der Waals surface area contributed by atoms with Crippen LogP contribution in [0.4, 0.5) is 0 Å². The fourth-order valence-corrected chi connectivity index (χ4v) is 10.3. The molecule has 0 saturated heterocycles. The van der Waals surface area contributed by atoms with Crippen LogP contribution in [-0.2, 0) is 32.7 Å². The molecule has 0 aromatic heterocycles. The summed E-state index contributed by atoms with van der Waals surface area (Å²) >= 11 is 0. The number of carbonyl (C=O) groups excluding carboxylic acids is 2. The fraction of sp³-hybridized carbons (Fsp3) is 0.967. The van der Waals surface area contributed by atoms with Gasteiger partial charge in [-0.05, 0) is 12.8 Å². The lowest BCUT2D eigenvalue weighted by Crippen LogP contribution is -2.37. The van der Waals surface area contributed by atoms with Crippen molar-refractivity contribution in [1.29, 1.82) is 0 Å². The van der Waals surface area contributed by atoms with Gasteiger partial charge >= 0.3 is 19.8 Å². The Bertz CT molecular complexity index is 1160. The Hall–Kier alpha value is -0.990. The van der Waals surface area contributed by atoms with Crippen molar-refractivity contribution in [3.05, 3.63) is 0 Å². The third-order valence-corrected chi connectivity index (χ3v) is 15.4. The van der Waals surface area contributed by atoms with Crippen LogP contribution in [0.3, 0.4) is 0 Å². The molecule has 424 valence electrons. The second-order valence-electron chi connectivity index (χ2n) is 22.8. The van der Waals surface area contributed by atoms with E-state index in [1.54, 1.807) is 0 Å². The van der Waals surface area contributed by atoms with Crippen molar-refractivity contribution < 1.29 is 42.1 Å². The van der Waals surface area contributed by atoms with Gasteiger partial charge < -0.3 is 18.9 Å². The zero-order valence-corrected chi connectivity index (χ0v) is 49.1. The zero-order chi connectivity index (χ0) is 52.0. The van der Waals surface area contributed by atoms with E-state index in [1.807, 2.05) is 21.1 Å². The van der Waals surface area contributed by atoms with Gasteiger partial charge in [0.2, 0.25) is 0 Å². The molecule has 0 bridgehead atoms. The monoisotopic (exact) mass is 1030 g/mol. The van der Waals surface area contributed by atoms with Gasteiger partial charge in [0, 0.05) is 12.8 Å². The number of phosphoric ester groups is 1. The Labute approximate surface area is 442 Å². The first kappa shape index (κ1) is 70.0. The number of likely N-dealkylation sites (N-methyl/N-ethyl adjacent to an activating group) is 1. The summed E-state index contributed by atoms with van der Waals surface area (Å²) in [6.07, 6.45) is 61.8. The largest absolute Gasteiger partial charge is 0.472 e. The van der Waals surface area contributed by atoms with Gasteiger partial charge in [-0.3, -0.25) is 18.6 Å². The molecule has 0 aliphatic carbocycles.